The molecule has 0 bridgehead atoms. The van der Waals surface area contributed by atoms with Gasteiger partial charge in [0.2, 0.25) is 0 Å². The van der Waals surface area contributed by atoms with Crippen LogP contribution in [0.15, 0.2) is 41.4 Å². The van der Waals surface area contributed by atoms with Gasteiger partial charge in [0.15, 0.2) is 0 Å². The minimum absolute atomic E-state index is 0.0201. The summed E-state index contributed by atoms with van der Waals surface area (Å²) in [6, 6.07) is 8.52. The Morgan fingerprint density at radius 3 is 2.53 bits per heavy atom. The Labute approximate surface area is 119 Å². The van der Waals surface area contributed by atoms with Gasteiger partial charge < -0.3 is 14.9 Å². The molecular formula is C15H13BrO3. The van der Waals surface area contributed by atoms with Crippen molar-refractivity contribution in [3.05, 3.63) is 46.9 Å². The van der Waals surface area contributed by atoms with E-state index in [1.165, 1.54) is 13.2 Å². The molecule has 0 heterocycles. The van der Waals surface area contributed by atoms with Crippen LogP contribution < -0.4 is 4.74 Å². The number of ether oxygens (including phenoxy) is 1. The molecule has 0 spiro atoms. The van der Waals surface area contributed by atoms with Crippen LogP contribution in [0.25, 0.3) is 17.2 Å². The van der Waals surface area contributed by atoms with E-state index in [0.29, 0.717) is 21.3 Å². The Kier molecular flexibility index (Phi) is 3.81. The van der Waals surface area contributed by atoms with Gasteiger partial charge in [0, 0.05) is 5.56 Å². The van der Waals surface area contributed by atoms with E-state index in [-0.39, 0.29) is 11.5 Å². The van der Waals surface area contributed by atoms with E-state index in [1.807, 2.05) is 12.1 Å². The number of aromatic hydroxyl groups is 2. The van der Waals surface area contributed by atoms with Gasteiger partial charge in [-0.2, -0.15) is 0 Å². The summed E-state index contributed by atoms with van der Waals surface area (Å²) in [7, 11) is 1.54. The molecule has 2 aromatic carbocycles. The first kappa shape index (κ1) is 13.5. The van der Waals surface area contributed by atoms with Gasteiger partial charge in [0.25, 0.3) is 0 Å². The molecule has 0 aromatic heterocycles. The molecule has 0 aliphatic rings. The average molecular weight is 321 g/mol. The molecule has 4 heteroatoms. The number of methoxy groups -OCH3 is 1. The van der Waals surface area contributed by atoms with Crippen LogP contribution in [0.5, 0.6) is 17.2 Å². The Bertz CT molecular complexity index is 636. The highest BCUT2D eigenvalue weighted by molar-refractivity contribution is 9.10. The molecule has 19 heavy (non-hydrogen) atoms. The Morgan fingerprint density at radius 1 is 1.16 bits per heavy atom. The van der Waals surface area contributed by atoms with Crippen LogP contribution in [-0.4, -0.2) is 17.3 Å². The smallest absolute Gasteiger partial charge is 0.141 e. The maximum absolute atomic E-state index is 10.2. The van der Waals surface area contributed by atoms with Crippen molar-refractivity contribution in [2.75, 3.05) is 7.11 Å². The van der Waals surface area contributed by atoms with E-state index >= 15 is 0 Å². The van der Waals surface area contributed by atoms with Crippen LogP contribution in [0.2, 0.25) is 0 Å². The summed E-state index contributed by atoms with van der Waals surface area (Å²) in [5.74, 6) is 0.502. The molecule has 0 aliphatic heterocycles. The summed E-state index contributed by atoms with van der Waals surface area (Å²) in [5.41, 5.74) is 1.70. The van der Waals surface area contributed by atoms with Gasteiger partial charge in [-0.25, -0.2) is 0 Å². The first-order chi connectivity index (χ1) is 9.10. The maximum Gasteiger partial charge on any atom is 0.141 e. The molecule has 0 unspecified atom stereocenters. The van der Waals surface area contributed by atoms with E-state index in [4.69, 9.17) is 4.74 Å². The third kappa shape index (κ3) is 2.31. The van der Waals surface area contributed by atoms with E-state index < -0.39 is 0 Å². The SMILES string of the molecule is C=Cc1cccc(OC)c1-c1c(O)ccc(Br)c1O. The van der Waals surface area contributed by atoms with E-state index in [1.54, 1.807) is 18.2 Å². The zero-order chi connectivity index (χ0) is 14.0. The second kappa shape index (κ2) is 5.36. The summed E-state index contributed by atoms with van der Waals surface area (Å²) in [6.45, 7) is 3.74. The highest BCUT2D eigenvalue weighted by Gasteiger charge is 2.19. The number of rotatable bonds is 3. The fourth-order valence-electron chi connectivity index (χ4n) is 1.96. The van der Waals surface area contributed by atoms with Crippen LogP contribution in [0.1, 0.15) is 5.56 Å². The van der Waals surface area contributed by atoms with Gasteiger partial charge in [0.05, 0.1) is 17.1 Å². The number of halogens is 1. The van der Waals surface area contributed by atoms with E-state index in [9.17, 15) is 10.2 Å². The number of phenolic OH excluding ortho intramolecular Hbond substituents is 2. The van der Waals surface area contributed by atoms with Crippen molar-refractivity contribution in [1.29, 1.82) is 0 Å². The Balaban J connectivity index is 2.85. The number of hydrogen-bond donors (Lipinski definition) is 2. The lowest BCUT2D eigenvalue weighted by molar-refractivity contribution is 0.414. The zero-order valence-electron chi connectivity index (χ0n) is 10.4. The summed E-state index contributed by atoms with van der Waals surface area (Å²) >= 11 is 3.24. The minimum atomic E-state index is -0.0346. The van der Waals surface area contributed by atoms with Crippen molar-refractivity contribution in [3.63, 3.8) is 0 Å². The standard InChI is InChI=1S/C15H13BrO3/c1-3-9-5-4-6-12(19-2)13(9)14-11(17)8-7-10(16)15(14)18/h3-8,17-18H,1H2,2H3. The second-order valence-corrected chi connectivity index (χ2v) is 4.77. The molecule has 0 saturated carbocycles. The van der Waals surface area contributed by atoms with Crippen LogP contribution in [-0.2, 0) is 0 Å². The van der Waals surface area contributed by atoms with E-state index in [0.717, 1.165) is 5.56 Å². The molecule has 0 saturated heterocycles. The van der Waals surface area contributed by atoms with Crippen LogP contribution in [0.4, 0.5) is 0 Å². The molecule has 2 aromatic rings. The lowest BCUT2D eigenvalue weighted by Crippen LogP contribution is -1.92. The van der Waals surface area contributed by atoms with Crippen molar-refractivity contribution in [1.82, 2.24) is 0 Å². The fraction of sp³-hybridized carbons (Fsp3) is 0.0667. The van der Waals surface area contributed by atoms with Crippen LogP contribution in [0, 0.1) is 0 Å². The molecule has 0 radical (unpaired) electrons. The fourth-order valence-corrected chi connectivity index (χ4v) is 2.29. The zero-order valence-corrected chi connectivity index (χ0v) is 11.9. The van der Waals surface area contributed by atoms with Crippen molar-refractivity contribution in [2.24, 2.45) is 0 Å². The van der Waals surface area contributed by atoms with E-state index in [2.05, 4.69) is 22.5 Å². The van der Waals surface area contributed by atoms with Crippen molar-refractivity contribution < 1.29 is 14.9 Å². The molecule has 0 fully saturated rings. The molecule has 2 N–H and O–H groups in total. The summed E-state index contributed by atoms with van der Waals surface area (Å²) in [4.78, 5) is 0. The lowest BCUT2D eigenvalue weighted by atomic mass is 9.97. The number of hydrogen-bond acceptors (Lipinski definition) is 3. The average Bonchev–Trinajstić information content (AvgIpc) is 2.43. The minimum Gasteiger partial charge on any atom is -0.507 e. The third-order valence-electron chi connectivity index (χ3n) is 2.85. The summed E-state index contributed by atoms with van der Waals surface area (Å²) in [5, 5.41) is 20.2. The quantitative estimate of drug-likeness (QED) is 0.892. The molecule has 0 amide bonds. The summed E-state index contributed by atoms with van der Waals surface area (Å²) in [6.07, 6.45) is 1.65. The molecule has 3 nitrogen and oxygen atoms in total. The Hall–Kier alpha value is -1.94. The third-order valence-corrected chi connectivity index (χ3v) is 3.49. The normalized spacial score (nSPS) is 10.2. The monoisotopic (exact) mass is 320 g/mol. The van der Waals surface area contributed by atoms with Gasteiger partial charge in [-0.15, -0.1) is 0 Å². The highest BCUT2D eigenvalue weighted by Crippen LogP contribution is 2.46. The first-order valence-electron chi connectivity index (χ1n) is 5.60. The van der Waals surface area contributed by atoms with Gasteiger partial charge in [-0.05, 0) is 39.7 Å². The largest absolute Gasteiger partial charge is 0.507 e. The Morgan fingerprint density at radius 2 is 1.89 bits per heavy atom. The predicted octanol–water partition coefficient (Wildman–Crippen LogP) is 4.18. The van der Waals surface area contributed by atoms with Gasteiger partial charge in [-0.1, -0.05) is 24.8 Å². The molecule has 98 valence electrons. The van der Waals surface area contributed by atoms with Gasteiger partial charge in [-0.3, -0.25) is 0 Å². The van der Waals surface area contributed by atoms with Crippen LogP contribution in [0.3, 0.4) is 0 Å². The number of phenols is 2. The van der Waals surface area contributed by atoms with Gasteiger partial charge in [0.1, 0.15) is 17.2 Å². The maximum atomic E-state index is 10.2. The predicted molar refractivity (Wildman–Crippen MR) is 79.6 cm³/mol. The van der Waals surface area contributed by atoms with Gasteiger partial charge >= 0.3 is 0 Å². The van der Waals surface area contributed by atoms with Crippen molar-refractivity contribution >= 4 is 22.0 Å². The topological polar surface area (TPSA) is 49.7 Å². The highest BCUT2D eigenvalue weighted by atomic mass is 79.9. The van der Waals surface area contributed by atoms with Crippen LogP contribution >= 0.6 is 15.9 Å². The molecular weight excluding hydrogens is 308 g/mol. The number of benzene rings is 2. The molecule has 0 atom stereocenters. The molecule has 0 aliphatic carbocycles. The first-order valence-corrected chi connectivity index (χ1v) is 6.39. The summed E-state index contributed by atoms with van der Waals surface area (Å²) < 4.78 is 5.81. The van der Waals surface area contributed by atoms with Crippen molar-refractivity contribution in [2.45, 2.75) is 0 Å². The van der Waals surface area contributed by atoms with Crippen molar-refractivity contribution in [3.8, 4) is 28.4 Å². The lowest BCUT2D eigenvalue weighted by Gasteiger charge is -2.15. The second-order valence-electron chi connectivity index (χ2n) is 3.92. The molecule has 2 rings (SSSR count).